The Morgan fingerprint density at radius 2 is 2.16 bits per heavy atom. The van der Waals surface area contributed by atoms with Crippen molar-refractivity contribution in [2.75, 3.05) is 0 Å². The predicted molar refractivity (Wildman–Crippen MR) is 71.2 cm³/mol. The minimum Gasteiger partial charge on any atom is -0.481 e. The van der Waals surface area contributed by atoms with Gasteiger partial charge in [-0.3, -0.25) is 4.79 Å². The van der Waals surface area contributed by atoms with Crippen LogP contribution in [0.25, 0.3) is 0 Å². The normalized spacial score (nSPS) is 12.8. The first-order chi connectivity index (χ1) is 8.67. The van der Waals surface area contributed by atoms with E-state index in [-0.39, 0.29) is 6.42 Å². The van der Waals surface area contributed by atoms with Gasteiger partial charge < -0.3 is 15.2 Å². The van der Waals surface area contributed by atoms with Crippen LogP contribution < -0.4 is 5.32 Å². The topological polar surface area (TPSA) is 88.5 Å². The Kier molecular flexibility index (Phi) is 4.88. The van der Waals surface area contributed by atoms with Gasteiger partial charge in [0.05, 0.1) is 18.2 Å². The molecule has 0 unspecified atom stereocenters. The second-order valence-electron chi connectivity index (χ2n) is 5.17. The SMILES string of the molecule is Cc1cc([C@@H](CC(=O)O)NC(=O)OC(C)(C)C)sn1. The first-order valence-electron chi connectivity index (χ1n) is 5.82. The van der Waals surface area contributed by atoms with Crippen LogP contribution in [0.2, 0.25) is 0 Å². The molecule has 0 aliphatic rings. The van der Waals surface area contributed by atoms with Gasteiger partial charge in [0.25, 0.3) is 0 Å². The molecule has 0 spiro atoms. The van der Waals surface area contributed by atoms with Gasteiger partial charge >= 0.3 is 12.1 Å². The standard InChI is InChI=1S/C12H18N2O4S/c1-7-5-9(19-14-7)8(6-10(15)16)13-11(17)18-12(2,3)4/h5,8H,6H2,1-4H3,(H,13,17)(H,15,16)/t8-/m1/s1. The lowest BCUT2D eigenvalue weighted by molar-refractivity contribution is -0.137. The molecule has 0 fully saturated rings. The summed E-state index contributed by atoms with van der Waals surface area (Å²) in [5.74, 6) is -0.993. The molecule has 1 heterocycles. The lowest BCUT2D eigenvalue weighted by Crippen LogP contribution is -2.35. The van der Waals surface area contributed by atoms with Gasteiger partial charge in [0.2, 0.25) is 0 Å². The number of carboxylic acids is 1. The Labute approximate surface area is 115 Å². The van der Waals surface area contributed by atoms with Crippen LogP contribution in [-0.4, -0.2) is 27.1 Å². The number of nitrogens with one attached hydrogen (secondary N) is 1. The molecule has 0 aromatic carbocycles. The summed E-state index contributed by atoms with van der Waals surface area (Å²) in [4.78, 5) is 23.2. The molecule has 0 aliphatic heterocycles. The number of carbonyl (C=O) groups excluding carboxylic acids is 1. The third-order valence-electron chi connectivity index (χ3n) is 2.06. The van der Waals surface area contributed by atoms with E-state index >= 15 is 0 Å². The molecule has 6 nitrogen and oxygen atoms in total. The van der Waals surface area contributed by atoms with E-state index in [1.165, 1.54) is 11.5 Å². The number of alkyl carbamates (subject to hydrolysis) is 1. The van der Waals surface area contributed by atoms with E-state index in [1.54, 1.807) is 26.8 Å². The first kappa shape index (κ1) is 15.4. The quantitative estimate of drug-likeness (QED) is 0.887. The third-order valence-corrected chi connectivity index (χ3v) is 3.05. The van der Waals surface area contributed by atoms with E-state index in [1.807, 2.05) is 6.92 Å². The number of nitrogens with zero attached hydrogens (tertiary/aromatic N) is 1. The van der Waals surface area contributed by atoms with Gasteiger partial charge in [-0.25, -0.2) is 4.79 Å². The number of amides is 1. The van der Waals surface area contributed by atoms with E-state index in [9.17, 15) is 9.59 Å². The number of rotatable bonds is 4. The Balaban J connectivity index is 2.76. The van der Waals surface area contributed by atoms with Crippen LogP contribution in [0.5, 0.6) is 0 Å². The highest BCUT2D eigenvalue weighted by Crippen LogP contribution is 2.22. The molecule has 1 amide bonds. The highest BCUT2D eigenvalue weighted by Gasteiger charge is 2.23. The van der Waals surface area contributed by atoms with Crippen LogP contribution in [0.1, 0.15) is 43.8 Å². The fourth-order valence-corrected chi connectivity index (χ4v) is 2.19. The molecule has 1 atom stereocenters. The van der Waals surface area contributed by atoms with Crippen molar-refractivity contribution < 1.29 is 19.4 Å². The largest absolute Gasteiger partial charge is 0.481 e. The van der Waals surface area contributed by atoms with Gasteiger partial charge in [-0.15, -0.1) is 0 Å². The van der Waals surface area contributed by atoms with Gasteiger partial charge in [0.15, 0.2) is 0 Å². The maximum atomic E-state index is 11.7. The molecule has 0 saturated heterocycles. The zero-order valence-electron chi connectivity index (χ0n) is 11.4. The van der Waals surface area contributed by atoms with E-state index in [4.69, 9.17) is 9.84 Å². The van der Waals surface area contributed by atoms with Gasteiger partial charge in [-0.2, -0.15) is 4.37 Å². The Morgan fingerprint density at radius 3 is 2.58 bits per heavy atom. The molecular weight excluding hydrogens is 268 g/mol. The number of carboxylic acid groups (broad SMARTS) is 1. The van der Waals surface area contributed by atoms with Crippen LogP contribution in [-0.2, 0) is 9.53 Å². The van der Waals surface area contributed by atoms with Crippen molar-refractivity contribution in [3.63, 3.8) is 0 Å². The Hall–Kier alpha value is -1.63. The zero-order valence-corrected chi connectivity index (χ0v) is 12.2. The van der Waals surface area contributed by atoms with Crippen molar-refractivity contribution in [3.05, 3.63) is 16.6 Å². The third kappa shape index (κ3) is 5.69. The van der Waals surface area contributed by atoms with Gasteiger partial charge in [-0.05, 0) is 45.3 Å². The maximum absolute atomic E-state index is 11.7. The Morgan fingerprint density at radius 1 is 1.53 bits per heavy atom. The van der Waals surface area contributed by atoms with Gasteiger partial charge in [0.1, 0.15) is 5.60 Å². The number of carbonyl (C=O) groups is 2. The summed E-state index contributed by atoms with van der Waals surface area (Å²) in [7, 11) is 0. The monoisotopic (exact) mass is 286 g/mol. The first-order valence-corrected chi connectivity index (χ1v) is 6.59. The summed E-state index contributed by atoms with van der Waals surface area (Å²) in [5.41, 5.74) is 0.169. The number of hydrogen-bond donors (Lipinski definition) is 2. The number of aliphatic carboxylic acids is 1. The molecule has 0 aliphatic carbocycles. The number of aromatic nitrogens is 1. The summed E-state index contributed by atoms with van der Waals surface area (Å²) in [5, 5.41) is 11.5. The van der Waals surface area contributed by atoms with Crippen molar-refractivity contribution in [2.24, 2.45) is 0 Å². The molecule has 0 radical (unpaired) electrons. The second kappa shape index (κ2) is 6.01. The van der Waals surface area contributed by atoms with Crippen LogP contribution in [0.3, 0.4) is 0 Å². The van der Waals surface area contributed by atoms with Crippen molar-refractivity contribution in [1.82, 2.24) is 9.69 Å². The van der Waals surface area contributed by atoms with Crippen molar-refractivity contribution >= 4 is 23.6 Å². The predicted octanol–water partition coefficient (Wildman–Crippen LogP) is 2.49. The minimum absolute atomic E-state index is 0.207. The zero-order chi connectivity index (χ0) is 14.6. The summed E-state index contributed by atoms with van der Waals surface area (Å²) in [6.07, 6.45) is -0.842. The molecule has 1 rings (SSSR count). The van der Waals surface area contributed by atoms with Crippen molar-refractivity contribution in [2.45, 2.75) is 45.8 Å². The van der Waals surface area contributed by atoms with E-state index in [0.717, 1.165) is 5.69 Å². The molecule has 7 heteroatoms. The molecule has 1 aromatic rings. The molecule has 106 valence electrons. The number of hydrogen-bond acceptors (Lipinski definition) is 5. The summed E-state index contributed by atoms with van der Waals surface area (Å²) in [6.45, 7) is 7.05. The molecule has 1 aromatic heterocycles. The summed E-state index contributed by atoms with van der Waals surface area (Å²) >= 11 is 1.18. The van der Waals surface area contributed by atoms with E-state index in [0.29, 0.717) is 4.88 Å². The number of aryl methyl sites for hydroxylation is 1. The average molecular weight is 286 g/mol. The van der Waals surface area contributed by atoms with E-state index in [2.05, 4.69) is 9.69 Å². The second-order valence-corrected chi connectivity index (χ2v) is 6.00. The lowest BCUT2D eigenvalue weighted by atomic mass is 10.1. The maximum Gasteiger partial charge on any atom is 0.408 e. The fraction of sp³-hybridized carbons (Fsp3) is 0.583. The fourth-order valence-electron chi connectivity index (χ4n) is 1.39. The average Bonchev–Trinajstić information content (AvgIpc) is 2.60. The van der Waals surface area contributed by atoms with Gasteiger partial charge in [-0.1, -0.05) is 0 Å². The lowest BCUT2D eigenvalue weighted by Gasteiger charge is -2.22. The number of ether oxygens (including phenoxy) is 1. The van der Waals surface area contributed by atoms with Crippen LogP contribution in [0, 0.1) is 6.92 Å². The van der Waals surface area contributed by atoms with Crippen molar-refractivity contribution in [3.8, 4) is 0 Å². The minimum atomic E-state index is -0.993. The van der Waals surface area contributed by atoms with Crippen LogP contribution in [0.4, 0.5) is 4.79 Å². The summed E-state index contributed by atoms with van der Waals surface area (Å²) in [6, 6.07) is 1.13. The van der Waals surface area contributed by atoms with Crippen LogP contribution >= 0.6 is 11.5 Å². The summed E-state index contributed by atoms with van der Waals surface area (Å²) < 4.78 is 9.20. The molecule has 0 bridgehead atoms. The molecule has 0 saturated carbocycles. The highest BCUT2D eigenvalue weighted by molar-refractivity contribution is 7.05. The van der Waals surface area contributed by atoms with Gasteiger partial charge in [0, 0.05) is 4.88 Å². The smallest absolute Gasteiger partial charge is 0.408 e. The molecule has 19 heavy (non-hydrogen) atoms. The van der Waals surface area contributed by atoms with Crippen LogP contribution in [0.15, 0.2) is 6.07 Å². The molecule has 2 N–H and O–H groups in total. The highest BCUT2D eigenvalue weighted by atomic mass is 32.1. The Bertz CT molecular complexity index is 465. The van der Waals surface area contributed by atoms with Crippen molar-refractivity contribution in [1.29, 1.82) is 0 Å². The van der Waals surface area contributed by atoms with E-state index < -0.39 is 23.7 Å². The molecular formula is C12H18N2O4S.